The molecule has 0 saturated heterocycles. The number of carbonyl (C=O) groups is 1. The molecular formula is C33H28N2O3. The molecule has 0 amide bonds. The quantitative estimate of drug-likeness (QED) is 0.241. The molecule has 1 N–H and O–H groups in total. The number of rotatable bonds is 8. The van der Waals surface area contributed by atoms with Gasteiger partial charge in [0.15, 0.2) is 5.76 Å². The van der Waals surface area contributed by atoms with Crippen molar-refractivity contribution in [2.24, 2.45) is 0 Å². The molecule has 0 bridgehead atoms. The van der Waals surface area contributed by atoms with E-state index in [0.29, 0.717) is 19.3 Å². The number of carboxylic acid groups (broad SMARTS) is 1. The van der Waals surface area contributed by atoms with Crippen LogP contribution in [-0.2, 0) is 23.1 Å². The summed E-state index contributed by atoms with van der Waals surface area (Å²) >= 11 is 0. The maximum absolute atomic E-state index is 11.6. The Hall–Kier alpha value is -4.51. The number of hydrogen-bond donors (Lipinski definition) is 1. The monoisotopic (exact) mass is 500 g/mol. The molecule has 1 saturated carbocycles. The Bertz CT molecular complexity index is 1580. The summed E-state index contributed by atoms with van der Waals surface area (Å²) in [6, 6.07) is 32.5. The Morgan fingerprint density at radius 1 is 0.816 bits per heavy atom. The van der Waals surface area contributed by atoms with Crippen molar-refractivity contribution in [1.29, 1.82) is 0 Å². The zero-order chi connectivity index (χ0) is 26.1. The molecule has 38 heavy (non-hydrogen) atoms. The lowest BCUT2D eigenvalue weighted by molar-refractivity contribution is -0.140. The van der Waals surface area contributed by atoms with Crippen molar-refractivity contribution in [2.45, 2.75) is 38.0 Å². The maximum atomic E-state index is 11.6. The van der Waals surface area contributed by atoms with Gasteiger partial charge in [-0.15, -0.1) is 0 Å². The predicted molar refractivity (Wildman–Crippen MR) is 148 cm³/mol. The molecule has 188 valence electrons. The number of aryl methyl sites for hydroxylation is 1. The van der Waals surface area contributed by atoms with E-state index in [0.717, 1.165) is 62.6 Å². The van der Waals surface area contributed by atoms with Gasteiger partial charge in [-0.05, 0) is 48.1 Å². The third-order valence-electron chi connectivity index (χ3n) is 7.52. The standard InChI is InChI=1S/C33H28N2O3/c1-2-29-28(21-27-9-6-10-30(34-27)24-7-4-3-5-8-24)31(38-35-29)25-13-11-22(12-14-25)23-15-17-26(18-16-23)33(19-20-33)32(36)37/h3-18H,2,19-21H2,1H3,(H,36,37). The van der Waals surface area contributed by atoms with Gasteiger partial charge in [0, 0.05) is 28.8 Å². The van der Waals surface area contributed by atoms with Crippen LogP contribution in [0.5, 0.6) is 0 Å². The summed E-state index contributed by atoms with van der Waals surface area (Å²) in [4.78, 5) is 16.6. The normalized spacial score (nSPS) is 13.8. The van der Waals surface area contributed by atoms with Crippen molar-refractivity contribution in [3.05, 3.63) is 120 Å². The second-order valence-electron chi connectivity index (χ2n) is 9.89. The highest BCUT2D eigenvalue weighted by Gasteiger charge is 2.51. The van der Waals surface area contributed by atoms with Crippen LogP contribution in [0, 0.1) is 0 Å². The van der Waals surface area contributed by atoms with E-state index < -0.39 is 11.4 Å². The predicted octanol–water partition coefficient (Wildman–Crippen LogP) is 7.34. The van der Waals surface area contributed by atoms with E-state index in [9.17, 15) is 9.90 Å². The van der Waals surface area contributed by atoms with Crippen LogP contribution in [0.2, 0.25) is 0 Å². The molecule has 0 atom stereocenters. The van der Waals surface area contributed by atoms with Gasteiger partial charge in [0.1, 0.15) is 0 Å². The number of carboxylic acids is 1. The Kier molecular flexibility index (Phi) is 6.12. The van der Waals surface area contributed by atoms with Crippen molar-refractivity contribution in [3.8, 4) is 33.7 Å². The minimum Gasteiger partial charge on any atom is -0.481 e. The van der Waals surface area contributed by atoms with Gasteiger partial charge in [0.05, 0.1) is 16.8 Å². The van der Waals surface area contributed by atoms with Crippen molar-refractivity contribution in [3.63, 3.8) is 0 Å². The summed E-state index contributed by atoms with van der Waals surface area (Å²) in [5, 5.41) is 13.9. The Labute approximate surface area is 221 Å². The molecule has 2 heterocycles. The largest absolute Gasteiger partial charge is 0.481 e. The second-order valence-corrected chi connectivity index (χ2v) is 9.89. The second kappa shape index (κ2) is 9.75. The van der Waals surface area contributed by atoms with Crippen molar-refractivity contribution in [2.75, 3.05) is 0 Å². The number of nitrogens with zero attached hydrogens (tertiary/aromatic N) is 2. The number of pyridine rings is 1. The van der Waals surface area contributed by atoms with Crippen LogP contribution >= 0.6 is 0 Å². The fourth-order valence-corrected chi connectivity index (χ4v) is 5.10. The van der Waals surface area contributed by atoms with Crippen molar-refractivity contribution >= 4 is 5.97 Å². The summed E-state index contributed by atoms with van der Waals surface area (Å²) in [7, 11) is 0. The highest BCUT2D eigenvalue weighted by atomic mass is 16.5. The number of aliphatic carboxylic acids is 1. The first-order valence-electron chi connectivity index (χ1n) is 13.0. The average Bonchev–Trinajstić information content (AvgIpc) is 3.70. The molecule has 1 fully saturated rings. The number of benzene rings is 3. The lowest BCUT2D eigenvalue weighted by atomic mass is 9.93. The lowest BCUT2D eigenvalue weighted by Crippen LogP contribution is -2.19. The minimum atomic E-state index is -0.731. The van der Waals surface area contributed by atoms with E-state index in [1.807, 2.05) is 60.7 Å². The van der Waals surface area contributed by atoms with Gasteiger partial charge >= 0.3 is 5.97 Å². The number of aromatic nitrogens is 2. The minimum absolute atomic E-state index is 0.636. The highest BCUT2D eigenvalue weighted by molar-refractivity contribution is 5.85. The fraction of sp³-hybridized carbons (Fsp3) is 0.182. The first kappa shape index (κ1) is 23.9. The molecule has 1 aliphatic carbocycles. The van der Waals surface area contributed by atoms with E-state index in [1.54, 1.807) is 0 Å². The zero-order valence-corrected chi connectivity index (χ0v) is 21.2. The first-order chi connectivity index (χ1) is 18.6. The average molecular weight is 501 g/mol. The summed E-state index contributed by atoms with van der Waals surface area (Å²) < 4.78 is 5.85. The first-order valence-corrected chi connectivity index (χ1v) is 13.0. The van der Waals surface area contributed by atoms with Crippen molar-refractivity contribution < 1.29 is 14.4 Å². The zero-order valence-electron chi connectivity index (χ0n) is 21.2. The van der Waals surface area contributed by atoms with E-state index >= 15 is 0 Å². The van der Waals surface area contributed by atoms with Gasteiger partial charge < -0.3 is 9.63 Å². The van der Waals surface area contributed by atoms with Gasteiger partial charge in [-0.25, -0.2) is 0 Å². The van der Waals surface area contributed by atoms with Gasteiger partial charge in [-0.1, -0.05) is 97.0 Å². The van der Waals surface area contributed by atoms with Crippen LogP contribution in [0.4, 0.5) is 0 Å². The molecule has 6 rings (SSSR count). The van der Waals surface area contributed by atoms with Gasteiger partial charge in [-0.3, -0.25) is 9.78 Å². The van der Waals surface area contributed by atoms with Crippen LogP contribution in [0.25, 0.3) is 33.7 Å². The molecule has 1 aliphatic rings. The SMILES string of the molecule is CCc1noc(-c2ccc(-c3ccc(C4(C(=O)O)CC4)cc3)cc2)c1Cc1cccc(-c2ccccc2)n1. The Balaban J connectivity index is 1.26. The molecule has 0 aliphatic heterocycles. The van der Waals surface area contributed by atoms with E-state index in [4.69, 9.17) is 9.51 Å². The third kappa shape index (κ3) is 4.41. The molecule has 5 nitrogen and oxygen atoms in total. The smallest absolute Gasteiger partial charge is 0.314 e. The highest BCUT2D eigenvalue weighted by Crippen LogP contribution is 2.48. The van der Waals surface area contributed by atoms with Crippen LogP contribution in [-0.4, -0.2) is 21.2 Å². The molecule has 0 radical (unpaired) electrons. The van der Waals surface area contributed by atoms with Crippen LogP contribution in [0.1, 0.15) is 42.3 Å². The number of hydrogen-bond acceptors (Lipinski definition) is 4. The van der Waals surface area contributed by atoms with E-state index in [1.165, 1.54) is 0 Å². The van der Waals surface area contributed by atoms with E-state index in [2.05, 4.69) is 48.5 Å². The van der Waals surface area contributed by atoms with E-state index in [-0.39, 0.29) is 0 Å². The summed E-state index contributed by atoms with van der Waals surface area (Å²) in [5.41, 5.74) is 8.30. The third-order valence-corrected chi connectivity index (χ3v) is 7.52. The molecular weight excluding hydrogens is 472 g/mol. The summed E-state index contributed by atoms with van der Waals surface area (Å²) in [5.74, 6) is 0.0405. The lowest BCUT2D eigenvalue weighted by Gasteiger charge is -2.11. The fourth-order valence-electron chi connectivity index (χ4n) is 5.10. The van der Waals surface area contributed by atoms with Crippen LogP contribution in [0.15, 0.2) is 102 Å². The molecule has 5 aromatic rings. The Morgan fingerprint density at radius 3 is 2.11 bits per heavy atom. The molecule has 2 aromatic heterocycles. The van der Waals surface area contributed by atoms with Crippen LogP contribution in [0.3, 0.4) is 0 Å². The Morgan fingerprint density at radius 2 is 1.47 bits per heavy atom. The van der Waals surface area contributed by atoms with Gasteiger partial charge in [0.25, 0.3) is 0 Å². The molecule has 3 aromatic carbocycles. The van der Waals surface area contributed by atoms with Gasteiger partial charge in [-0.2, -0.15) is 0 Å². The van der Waals surface area contributed by atoms with Gasteiger partial charge in [0.2, 0.25) is 0 Å². The molecule has 0 unspecified atom stereocenters. The summed E-state index contributed by atoms with van der Waals surface area (Å²) in [6.07, 6.45) is 2.83. The molecule has 5 heteroatoms. The topological polar surface area (TPSA) is 76.2 Å². The van der Waals surface area contributed by atoms with Crippen LogP contribution < -0.4 is 0 Å². The van der Waals surface area contributed by atoms with Crippen molar-refractivity contribution in [1.82, 2.24) is 10.1 Å². The maximum Gasteiger partial charge on any atom is 0.314 e. The molecule has 0 spiro atoms. The summed E-state index contributed by atoms with van der Waals surface area (Å²) in [6.45, 7) is 2.09.